The summed E-state index contributed by atoms with van der Waals surface area (Å²) in [5.41, 5.74) is 2.79. The zero-order chi connectivity index (χ0) is 18.9. The number of aliphatic hydroxyl groups excluding tert-OH is 4. The maximum Gasteiger partial charge on any atom is 0.119 e. The highest BCUT2D eigenvalue weighted by Gasteiger charge is 2.15. The Kier molecular flexibility index (Phi) is 9.90. The first-order chi connectivity index (χ1) is 11.1. The molecule has 0 fully saturated rings. The molecule has 0 aliphatic heterocycles. The van der Waals surface area contributed by atoms with Gasteiger partial charge in [0.05, 0.1) is 19.8 Å². The van der Waals surface area contributed by atoms with Gasteiger partial charge in [0.2, 0.25) is 0 Å². The Morgan fingerprint density at radius 2 is 1.62 bits per heavy atom. The first kappa shape index (κ1) is 22.6. The number of rotatable bonds is 9. The fourth-order valence-electron chi connectivity index (χ4n) is 2.37. The van der Waals surface area contributed by atoms with Crippen LogP contribution in [0.4, 0.5) is 0 Å². The van der Waals surface area contributed by atoms with E-state index in [1.807, 2.05) is 45.9 Å². The zero-order valence-corrected chi connectivity index (χ0v) is 15.9. The third-order valence-corrected chi connectivity index (χ3v) is 3.66. The number of hydrogen-bond donors (Lipinski definition) is 4. The molecule has 4 N–H and O–H groups in total. The van der Waals surface area contributed by atoms with Crippen LogP contribution < -0.4 is 0 Å². The Labute approximate surface area is 146 Å². The Bertz CT molecular complexity index is 518. The average Bonchev–Trinajstić information content (AvgIpc) is 2.51. The minimum absolute atomic E-state index is 0.0123. The fraction of sp³-hybridized carbons (Fsp3) is 0.600. The number of aliphatic hydroxyl groups is 4. The highest BCUT2D eigenvalue weighted by molar-refractivity contribution is 5.31. The molecule has 24 heavy (non-hydrogen) atoms. The van der Waals surface area contributed by atoms with Gasteiger partial charge in [-0.25, -0.2) is 0 Å². The van der Waals surface area contributed by atoms with E-state index in [4.69, 9.17) is 0 Å². The van der Waals surface area contributed by atoms with Gasteiger partial charge < -0.3 is 20.4 Å². The standard InChI is InChI=1S/C20H34O4/c1-14(2)19(24)18(12-22)9-15(3)7-17(8-16(4)11-21)10-20(5,6)13-23/h8-10,15,21-24H,7,11-13H2,1-6H3/b16-8-,17-10-,18-9-. The molecule has 0 heterocycles. The van der Waals surface area contributed by atoms with Crippen LogP contribution in [0.15, 0.2) is 46.3 Å². The molecule has 0 aliphatic carbocycles. The van der Waals surface area contributed by atoms with Crippen molar-refractivity contribution in [1.82, 2.24) is 0 Å². The maximum atomic E-state index is 10.0. The minimum Gasteiger partial charge on any atom is -0.508 e. The van der Waals surface area contributed by atoms with Crippen LogP contribution in [0, 0.1) is 11.3 Å². The molecule has 0 saturated carbocycles. The summed E-state index contributed by atoms with van der Waals surface area (Å²) in [6.45, 7) is 11.2. The summed E-state index contributed by atoms with van der Waals surface area (Å²) in [6.07, 6.45) is 6.49. The highest BCUT2D eigenvalue weighted by atomic mass is 16.3. The second-order valence-electron chi connectivity index (χ2n) is 7.39. The van der Waals surface area contributed by atoms with Gasteiger partial charge in [-0.3, -0.25) is 0 Å². The van der Waals surface area contributed by atoms with Crippen LogP contribution in [-0.4, -0.2) is 40.2 Å². The van der Waals surface area contributed by atoms with E-state index < -0.39 is 0 Å². The van der Waals surface area contributed by atoms with Gasteiger partial charge in [0.25, 0.3) is 0 Å². The second-order valence-corrected chi connectivity index (χ2v) is 7.39. The largest absolute Gasteiger partial charge is 0.508 e. The Balaban J connectivity index is 5.54. The third kappa shape index (κ3) is 8.48. The van der Waals surface area contributed by atoms with E-state index in [1.54, 1.807) is 13.8 Å². The normalized spacial score (nSPS) is 15.5. The molecule has 0 radical (unpaired) electrons. The molecule has 4 heteroatoms. The van der Waals surface area contributed by atoms with E-state index in [9.17, 15) is 20.4 Å². The Morgan fingerprint density at radius 3 is 2.04 bits per heavy atom. The molecule has 0 saturated heterocycles. The summed E-state index contributed by atoms with van der Waals surface area (Å²) in [6, 6.07) is 0. The van der Waals surface area contributed by atoms with E-state index in [-0.39, 0.29) is 36.9 Å². The van der Waals surface area contributed by atoms with Gasteiger partial charge in [0, 0.05) is 11.0 Å². The van der Waals surface area contributed by atoms with Crippen LogP contribution in [0.1, 0.15) is 48.0 Å². The second kappa shape index (κ2) is 10.5. The van der Waals surface area contributed by atoms with Gasteiger partial charge in [-0.15, -0.1) is 0 Å². The van der Waals surface area contributed by atoms with Crippen molar-refractivity contribution in [2.24, 2.45) is 11.3 Å². The Hall–Kier alpha value is -1.36. The first-order valence-electron chi connectivity index (χ1n) is 8.35. The molecule has 4 nitrogen and oxygen atoms in total. The molecule has 0 spiro atoms. The third-order valence-electron chi connectivity index (χ3n) is 3.66. The van der Waals surface area contributed by atoms with Crippen LogP contribution >= 0.6 is 0 Å². The van der Waals surface area contributed by atoms with Crippen LogP contribution in [0.2, 0.25) is 0 Å². The summed E-state index contributed by atoms with van der Waals surface area (Å²) >= 11 is 0. The van der Waals surface area contributed by atoms with Crippen LogP contribution in [0.3, 0.4) is 0 Å². The predicted octanol–water partition coefficient (Wildman–Crippen LogP) is 3.67. The summed E-state index contributed by atoms with van der Waals surface area (Å²) in [4.78, 5) is 0. The van der Waals surface area contributed by atoms with Gasteiger partial charge >= 0.3 is 0 Å². The lowest BCUT2D eigenvalue weighted by Gasteiger charge is -2.20. The van der Waals surface area contributed by atoms with Crippen molar-refractivity contribution in [3.63, 3.8) is 0 Å². The van der Waals surface area contributed by atoms with E-state index in [0.717, 1.165) is 16.7 Å². The molecule has 0 aliphatic rings. The molecular formula is C20H34O4. The topological polar surface area (TPSA) is 80.9 Å². The average molecular weight is 338 g/mol. The zero-order valence-electron chi connectivity index (χ0n) is 15.9. The van der Waals surface area contributed by atoms with E-state index in [2.05, 4.69) is 0 Å². The smallest absolute Gasteiger partial charge is 0.119 e. The Morgan fingerprint density at radius 1 is 1.04 bits per heavy atom. The highest BCUT2D eigenvalue weighted by Crippen LogP contribution is 2.25. The van der Waals surface area contributed by atoms with Gasteiger partial charge in [0.15, 0.2) is 0 Å². The van der Waals surface area contributed by atoms with Gasteiger partial charge in [0.1, 0.15) is 5.76 Å². The molecule has 0 aromatic heterocycles. The molecule has 0 aromatic carbocycles. The minimum atomic E-state index is -0.354. The quantitative estimate of drug-likeness (QED) is 0.382. The summed E-state index contributed by atoms with van der Waals surface area (Å²) in [5, 5.41) is 38.3. The molecule has 0 aromatic rings. The van der Waals surface area contributed by atoms with Gasteiger partial charge in [-0.05, 0) is 44.3 Å². The predicted molar refractivity (Wildman–Crippen MR) is 99.7 cm³/mol. The van der Waals surface area contributed by atoms with Crippen LogP contribution in [-0.2, 0) is 0 Å². The molecule has 0 amide bonds. The molecule has 1 unspecified atom stereocenters. The van der Waals surface area contributed by atoms with Gasteiger partial charge in [-0.2, -0.15) is 0 Å². The number of hydrogen-bond acceptors (Lipinski definition) is 4. The van der Waals surface area contributed by atoms with Crippen LogP contribution in [0.5, 0.6) is 0 Å². The van der Waals surface area contributed by atoms with E-state index in [0.29, 0.717) is 12.0 Å². The molecule has 0 bridgehead atoms. The van der Waals surface area contributed by atoms with Crippen molar-refractivity contribution < 1.29 is 20.4 Å². The summed E-state index contributed by atoms with van der Waals surface area (Å²) < 4.78 is 0. The van der Waals surface area contributed by atoms with E-state index in [1.165, 1.54) is 0 Å². The maximum absolute atomic E-state index is 10.0. The van der Waals surface area contributed by atoms with Crippen LogP contribution in [0.25, 0.3) is 0 Å². The van der Waals surface area contributed by atoms with Crippen molar-refractivity contribution in [3.8, 4) is 0 Å². The van der Waals surface area contributed by atoms with Gasteiger partial charge in [-0.1, -0.05) is 44.6 Å². The van der Waals surface area contributed by atoms with Crippen molar-refractivity contribution in [2.75, 3.05) is 19.8 Å². The van der Waals surface area contributed by atoms with Crippen molar-refractivity contribution in [3.05, 3.63) is 46.3 Å². The first-order valence-corrected chi connectivity index (χ1v) is 8.35. The van der Waals surface area contributed by atoms with Crippen molar-refractivity contribution in [2.45, 2.75) is 48.0 Å². The lowest BCUT2D eigenvalue weighted by molar-refractivity contribution is 0.199. The molecule has 1 atom stereocenters. The monoisotopic (exact) mass is 338 g/mol. The fourth-order valence-corrected chi connectivity index (χ4v) is 2.37. The van der Waals surface area contributed by atoms with Crippen molar-refractivity contribution in [1.29, 1.82) is 0 Å². The molecule has 138 valence electrons. The summed E-state index contributed by atoms with van der Waals surface area (Å²) in [7, 11) is 0. The lowest BCUT2D eigenvalue weighted by atomic mass is 9.87. The van der Waals surface area contributed by atoms with E-state index >= 15 is 0 Å². The number of allylic oxidation sites excluding steroid dienone is 4. The molecular weight excluding hydrogens is 304 g/mol. The molecule has 0 rings (SSSR count). The lowest BCUT2D eigenvalue weighted by Crippen LogP contribution is -2.14. The van der Waals surface area contributed by atoms with Crippen molar-refractivity contribution >= 4 is 0 Å². The SMILES string of the molecule is CC(C)=C(O)/C(=C\C(C)CC(/C=C(/C)CO)=C/C(C)(C)CO)CO. The summed E-state index contributed by atoms with van der Waals surface area (Å²) in [5.74, 6) is 0.213.